The summed E-state index contributed by atoms with van der Waals surface area (Å²) < 4.78 is 9.82. The first-order chi connectivity index (χ1) is 14.1. The average molecular weight is 394 g/mol. The SMILES string of the molecule is C[C@@H]1CNC[C@@H]1OCc1cnn(C)c1-c1ccn2nc(NC(=O)C3CC3)cc2c1. The zero-order valence-electron chi connectivity index (χ0n) is 16.8. The number of ether oxygens (including phenoxy) is 1. The predicted molar refractivity (Wildman–Crippen MR) is 109 cm³/mol. The van der Waals surface area contributed by atoms with Crippen LogP contribution in [0, 0.1) is 11.8 Å². The van der Waals surface area contributed by atoms with E-state index in [1.54, 1.807) is 4.52 Å². The molecule has 0 unspecified atom stereocenters. The van der Waals surface area contributed by atoms with Crippen molar-refractivity contribution in [2.75, 3.05) is 18.4 Å². The Labute approximate surface area is 169 Å². The van der Waals surface area contributed by atoms with E-state index in [9.17, 15) is 4.79 Å². The van der Waals surface area contributed by atoms with E-state index in [0.717, 1.165) is 48.3 Å². The molecule has 5 rings (SSSR count). The average Bonchev–Trinajstić information content (AvgIpc) is 3.21. The molecule has 0 radical (unpaired) electrons. The third-order valence-electron chi connectivity index (χ3n) is 5.85. The van der Waals surface area contributed by atoms with Crippen molar-refractivity contribution < 1.29 is 9.53 Å². The Bertz CT molecular complexity index is 1050. The molecule has 1 saturated heterocycles. The highest BCUT2D eigenvalue weighted by Crippen LogP contribution is 2.31. The summed E-state index contributed by atoms with van der Waals surface area (Å²) >= 11 is 0. The van der Waals surface area contributed by atoms with Gasteiger partial charge in [0, 0.05) is 49.4 Å². The van der Waals surface area contributed by atoms with Crippen LogP contribution in [0.25, 0.3) is 16.8 Å². The first-order valence-electron chi connectivity index (χ1n) is 10.2. The summed E-state index contributed by atoms with van der Waals surface area (Å²) in [5.74, 6) is 1.33. The maximum absolute atomic E-state index is 12.0. The van der Waals surface area contributed by atoms with Crippen molar-refractivity contribution >= 4 is 17.2 Å². The molecule has 1 aliphatic heterocycles. The summed E-state index contributed by atoms with van der Waals surface area (Å²) in [6.45, 7) is 4.64. The second kappa shape index (κ2) is 7.27. The topological polar surface area (TPSA) is 85.5 Å². The maximum Gasteiger partial charge on any atom is 0.228 e. The Balaban J connectivity index is 1.38. The van der Waals surface area contributed by atoms with E-state index in [4.69, 9.17) is 4.74 Å². The number of nitrogens with zero attached hydrogens (tertiary/aromatic N) is 4. The lowest BCUT2D eigenvalue weighted by atomic mass is 10.1. The number of rotatable bonds is 6. The Hall–Kier alpha value is -2.71. The van der Waals surface area contributed by atoms with Gasteiger partial charge in [-0.1, -0.05) is 6.92 Å². The molecule has 2 aliphatic rings. The summed E-state index contributed by atoms with van der Waals surface area (Å²) in [6, 6.07) is 6.00. The van der Waals surface area contributed by atoms with Crippen LogP contribution in [0.2, 0.25) is 0 Å². The van der Waals surface area contributed by atoms with Crippen molar-refractivity contribution in [3.8, 4) is 11.3 Å². The Kier molecular flexibility index (Phi) is 4.60. The number of carbonyl (C=O) groups excluding carboxylic acids is 1. The summed E-state index contributed by atoms with van der Waals surface area (Å²) in [7, 11) is 1.94. The lowest BCUT2D eigenvalue weighted by molar-refractivity contribution is -0.117. The van der Waals surface area contributed by atoms with Gasteiger partial charge in [0.25, 0.3) is 0 Å². The van der Waals surface area contributed by atoms with Gasteiger partial charge >= 0.3 is 0 Å². The minimum atomic E-state index is 0.0651. The molecule has 0 spiro atoms. The lowest BCUT2D eigenvalue weighted by Gasteiger charge is -2.15. The summed E-state index contributed by atoms with van der Waals surface area (Å²) in [5.41, 5.74) is 4.08. The molecule has 2 atom stereocenters. The molecule has 0 bridgehead atoms. The summed E-state index contributed by atoms with van der Waals surface area (Å²) in [6.07, 6.45) is 5.98. The van der Waals surface area contributed by atoms with Gasteiger partial charge in [0.2, 0.25) is 5.91 Å². The van der Waals surface area contributed by atoms with E-state index in [-0.39, 0.29) is 17.9 Å². The number of pyridine rings is 1. The van der Waals surface area contributed by atoms with Crippen LogP contribution >= 0.6 is 0 Å². The van der Waals surface area contributed by atoms with E-state index in [1.165, 1.54) is 0 Å². The number of aromatic nitrogens is 4. The zero-order chi connectivity index (χ0) is 20.0. The molecule has 3 aromatic heterocycles. The van der Waals surface area contributed by atoms with Crippen LogP contribution in [0.4, 0.5) is 5.82 Å². The van der Waals surface area contributed by atoms with Gasteiger partial charge in [-0.25, -0.2) is 4.52 Å². The molecule has 1 aliphatic carbocycles. The Morgan fingerprint density at radius 2 is 2.21 bits per heavy atom. The molecular weight excluding hydrogens is 368 g/mol. The number of anilines is 1. The third kappa shape index (κ3) is 3.65. The highest BCUT2D eigenvalue weighted by atomic mass is 16.5. The smallest absolute Gasteiger partial charge is 0.228 e. The van der Waals surface area contributed by atoms with Crippen molar-refractivity contribution in [1.29, 1.82) is 0 Å². The summed E-state index contributed by atoms with van der Waals surface area (Å²) in [5, 5.41) is 15.2. The molecule has 8 heteroatoms. The van der Waals surface area contributed by atoms with E-state index >= 15 is 0 Å². The number of fused-ring (bicyclic) bond motifs is 1. The second-order valence-corrected chi connectivity index (χ2v) is 8.20. The van der Waals surface area contributed by atoms with Crippen molar-refractivity contribution in [2.24, 2.45) is 18.9 Å². The molecule has 3 aromatic rings. The van der Waals surface area contributed by atoms with Gasteiger partial charge in [-0.3, -0.25) is 9.48 Å². The third-order valence-corrected chi connectivity index (χ3v) is 5.85. The van der Waals surface area contributed by atoms with Crippen LogP contribution in [0.15, 0.2) is 30.6 Å². The first kappa shape index (κ1) is 18.3. The Morgan fingerprint density at radius 3 is 2.97 bits per heavy atom. The molecular formula is C21H26N6O2. The number of carbonyl (C=O) groups is 1. The molecule has 2 N–H and O–H groups in total. The largest absolute Gasteiger partial charge is 0.372 e. The van der Waals surface area contributed by atoms with Crippen LogP contribution in [0.5, 0.6) is 0 Å². The molecule has 4 heterocycles. The Morgan fingerprint density at radius 1 is 1.34 bits per heavy atom. The van der Waals surface area contributed by atoms with Gasteiger partial charge in [-0.15, -0.1) is 0 Å². The van der Waals surface area contributed by atoms with E-state index < -0.39 is 0 Å². The minimum absolute atomic E-state index is 0.0651. The van der Waals surface area contributed by atoms with Gasteiger partial charge in [0.05, 0.1) is 30.1 Å². The number of amides is 1. The fourth-order valence-corrected chi connectivity index (χ4v) is 3.94. The highest BCUT2D eigenvalue weighted by Gasteiger charge is 2.30. The van der Waals surface area contributed by atoms with Gasteiger partial charge in [-0.05, 0) is 30.9 Å². The normalized spacial score (nSPS) is 21.7. The molecule has 2 fully saturated rings. The van der Waals surface area contributed by atoms with Crippen molar-refractivity contribution in [3.05, 3.63) is 36.2 Å². The molecule has 152 valence electrons. The summed E-state index contributed by atoms with van der Waals surface area (Å²) in [4.78, 5) is 12.0. The first-order valence-corrected chi connectivity index (χ1v) is 10.2. The van der Waals surface area contributed by atoms with Crippen molar-refractivity contribution in [2.45, 2.75) is 32.5 Å². The van der Waals surface area contributed by atoms with E-state index in [0.29, 0.717) is 18.3 Å². The minimum Gasteiger partial charge on any atom is -0.372 e. The van der Waals surface area contributed by atoms with Gasteiger partial charge in [-0.2, -0.15) is 10.2 Å². The molecule has 29 heavy (non-hydrogen) atoms. The van der Waals surface area contributed by atoms with Gasteiger partial charge < -0.3 is 15.4 Å². The number of aryl methyl sites for hydroxylation is 1. The van der Waals surface area contributed by atoms with Crippen LogP contribution in [0.1, 0.15) is 25.3 Å². The van der Waals surface area contributed by atoms with E-state index in [2.05, 4.69) is 33.8 Å². The molecule has 8 nitrogen and oxygen atoms in total. The van der Waals surface area contributed by atoms with Crippen LogP contribution in [0.3, 0.4) is 0 Å². The second-order valence-electron chi connectivity index (χ2n) is 8.20. The number of hydrogen-bond acceptors (Lipinski definition) is 5. The number of nitrogens with one attached hydrogen (secondary N) is 2. The van der Waals surface area contributed by atoms with E-state index in [1.807, 2.05) is 36.3 Å². The molecule has 1 saturated carbocycles. The van der Waals surface area contributed by atoms with Crippen molar-refractivity contribution in [3.63, 3.8) is 0 Å². The quantitative estimate of drug-likeness (QED) is 0.670. The number of hydrogen-bond donors (Lipinski definition) is 2. The predicted octanol–water partition coefficient (Wildman–Crippen LogP) is 2.21. The zero-order valence-corrected chi connectivity index (χ0v) is 16.8. The highest BCUT2D eigenvalue weighted by molar-refractivity contribution is 5.93. The van der Waals surface area contributed by atoms with Gasteiger partial charge in [0.15, 0.2) is 5.82 Å². The lowest BCUT2D eigenvalue weighted by Crippen LogP contribution is -2.20. The standard InChI is InChI=1S/C21H26N6O2/c1-13-9-22-11-18(13)29-12-16-10-23-26(2)20(16)15-5-6-27-17(7-15)8-19(25-27)24-21(28)14-3-4-14/h5-8,10,13-14,18,22H,3-4,9,11-12H2,1-2H3,(H,24,25,28)/t13-,18+/m1/s1. The van der Waals surface area contributed by atoms with Crippen LogP contribution in [-0.2, 0) is 23.2 Å². The van der Waals surface area contributed by atoms with Gasteiger partial charge in [0.1, 0.15) is 0 Å². The van der Waals surface area contributed by atoms with Crippen molar-refractivity contribution in [1.82, 2.24) is 24.7 Å². The maximum atomic E-state index is 12.0. The fraction of sp³-hybridized carbons (Fsp3) is 0.476. The molecule has 0 aromatic carbocycles. The van der Waals surface area contributed by atoms with Crippen LogP contribution < -0.4 is 10.6 Å². The monoisotopic (exact) mass is 394 g/mol. The van der Waals surface area contributed by atoms with Crippen LogP contribution in [-0.4, -0.2) is 44.5 Å². The fourth-order valence-electron chi connectivity index (χ4n) is 3.94. The molecule has 1 amide bonds.